The molecule has 0 aliphatic heterocycles. The van der Waals surface area contributed by atoms with Gasteiger partial charge in [0.1, 0.15) is 0 Å². The molecule has 0 spiro atoms. The maximum Gasteiger partial charge on any atom is 0.339 e. The number of hydrogen-bond acceptors (Lipinski definition) is 5. The minimum Gasteiger partial charge on any atom is -0.452 e. The first kappa shape index (κ1) is 19.7. The Bertz CT molecular complexity index is 1220. The van der Waals surface area contributed by atoms with Crippen LogP contribution in [0.5, 0.6) is 0 Å². The summed E-state index contributed by atoms with van der Waals surface area (Å²) >= 11 is 3.25. The van der Waals surface area contributed by atoms with Crippen LogP contribution in [0.4, 0.5) is 5.69 Å². The molecular formula is C23H14BrNO5. The average Bonchev–Trinajstić information content (AvgIpc) is 2.76. The fraction of sp³-hybridized carbons (Fsp3) is 0.0435. The number of rotatable bonds is 4. The van der Waals surface area contributed by atoms with Gasteiger partial charge in [-0.05, 0) is 46.3 Å². The third kappa shape index (κ3) is 3.67. The second-order valence-electron chi connectivity index (χ2n) is 6.57. The Kier molecular flexibility index (Phi) is 5.29. The van der Waals surface area contributed by atoms with Crippen LogP contribution >= 0.6 is 15.9 Å². The number of ether oxygens (including phenoxy) is 1. The summed E-state index contributed by atoms with van der Waals surface area (Å²) in [6, 6.07) is 17.8. The molecule has 6 nitrogen and oxygen atoms in total. The van der Waals surface area contributed by atoms with Gasteiger partial charge < -0.3 is 10.1 Å². The van der Waals surface area contributed by atoms with Crippen LogP contribution in [0.15, 0.2) is 71.2 Å². The Morgan fingerprint density at radius 3 is 2.10 bits per heavy atom. The van der Waals surface area contributed by atoms with E-state index in [1.54, 1.807) is 48.5 Å². The van der Waals surface area contributed by atoms with E-state index in [0.717, 1.165) is 0 Å². The number of hydrogen-bond donors (Lipinski definition) is 1. The van der Waals surface area contributed by atoms with E-state index in [-0.39, 0.29) is 22.7 Å². The van der Waals surface area contributed by atoms with Gasteiger partial charge in [0.15, 0.2) is 18.2 Å². The molecule has 0 radical (unpaired) electrons. The zero-order valence-electron chi connectivity index (χ0n) is 15.5. The van der Waals surface area contributed by atoms with Gasteiger partial charge in [-0.1, -0.05) is 36.4 Å². The molecule has 0 bridgehead atoms. The molecule has 4 rings (SSSR count). The number of carbonyl (C=O) groups excluding carboxylic acids is 4. The summed E-state index contributed by atoms with van der Waals surface area (Å²) < 4.78 is 5.60. The van der Waals surface area contributed by atoms with Gasteiger partial charge in [0, 0.05) is 32.4 Å². The van der Waals surface area contributed by atoms with E-state index in [4.69, 9.17) is 4.74 Å². The van der Waals surface area contributed by atoms with E-state index in [9.17, 15) is 19.2 Å². The Hall–Kier alpha value is -3.58. The molecule has 30 heavy (non-hydrogen) atoms. The predicted molar refractivity (Wildman–Crippen MR) is 113 cm³/mol. The third-order valence-electron chi connectivity index (χ3n) is 4.64. The number of anilines is 1. The summed E-state index contributed by atoms with van der Waals surface area (Å²) in [7, 11) is 0. The van der Waals surface area contributed by atoms with Crippen molar-refractivity contribution in [2.45, 2.75) is 0 Å². The van der Waals surface area contributed by atoms with Crippen molar-refractivity contribution < 1.29 is 23.9 Å². The molecule has 7 heteroatoms. The molecule has 1 aliphatic rings. The molecule has 0 saturated carbocycles. The Morgan fingerprint density at radius 2 is 1.40 bits per heavy atom. The van der Waals surface area contributed by atoms with Crippen LogP contribution < -0.4 is 5.32 Å². The number of fused-ring (bicyclic) bond motifs is 2. The monoisotopic (exact) mass is 463 g/mol. The molecule has 0 unspecified atom stereocenters. The van der Waals surface area contributed by atoms with Gasteiger partial charge in [-0.2, -0.15) is 0 Å². The van der Waals surface area contributed by atoms with Crippen LogP contribution in [0, 0.1) is 0 Å². The van der Waals surface area contributed by atoms with Gasteiger partial charge in [-0.25, -0.2) is 4.79 Å². The van der Waals surface area contributed by atoms with Gasteiger partial charge >= 0.3 is 5.97 Å². The molecule has 0 fully saturated rings. The van der Waals surface area contributed by atoms with Gasteiger partial charge in [-0.3, -0.25) is 14.4 Å². The number of halogens is 1. The molecule has 148 valence electrons. The van der Waals surface area contributed by atoms with Gasteiger partial charge in [0.2, 0.25) is 0 Å². The normalized spacial score (nSPS) is 12.0. The van der Waals surface area contributed by atoms with Crippen molar-refractivity contribution >= 4 is 45.1 Å². The van der Waals surface area contributed by atoms with E-state index >= 15 is 0 Å². The molecule has 0 heterocycles. The molecule has 0 aromatic heterocycles. The van der Waals surface area contributed by atoms with E-state index in [1.165, 1.54) is 18.2 Å². The number of benzene rings is 3. The van der Waals surface area contributed by atoms with Gasteiger partial charge in [0.05, 0.1) is 5.56 Å². The van der Waals surface area contributed by atoms with Crippen molar-refractivity contribution in [2.75, 3.05) is 11.9 Å². The standard InChI is InChI=1S/C23H14BrNO5/c24-19-8-4-3-7-17(19)23(29)30-12-20(26)25-13-9-10-16-18(11-13)22(28)15-6-2-1-5-14(15)21(16)27/h1-11H,12H2,(H,25,26). The lowest BCUT2D eigenvalue weighted by Crippen LogP contribution is -2.23. The lowest BCUT2D eigenvalue weighted by Gasteiger charge is -2.18. The zero-order chi connectivity index (χ0) is 21.3. The summed E-state index contributed by atoms with van der Waals surface area (Å²) in [4.78, 5) is 49.7. The fourth-order valence-corrected chi connectivity index (χ4v) is 3.66. The molecule has 0 saturated heterocycles. The Balaban J connectivity index is 1.47. The second-order valence-corrected chi connectivity index (χ2v) is 7.42. The topological polar surface area (TPSA) is 89.5 Å². The highest BCUT2D eigenvalue weighted by Gasteiger charge is 2.29. The number of amides is 1. The second kappa shape index (κ2) is 8.04. The Labute approximate surface area is 180 Å². The third-order valence-corrected chi connectivity index (χ3v) is 5.33. The van der Waals surface area contributed by atoms with Gasteiger partial charge in [-0.15, -0.1) is 0 Å². The van der Waals surface area contributed by atoms with Crippen LogP contribution in [0.1, 0.15) is 42.2 Å². The highest BCUT2D eigenvalue weighted by atomic mass is 79.9. The SMILES string of the molecule is O=C(COC(=O)c1ccccc1Br)Nc1ccc2c(c1)C(=O)c1ccccc1C2=O. The van der Waals surface area contributed by atoms with E-state index < -0.39 is 18.5 Å². The molecule has 3 aromatic carbocycles. The fourth-order valence-electron chi connectivity index (χ4n) is 3.21. The van der Waals surface area contributed by atoms with Crippen molar-refractivity contribution in [1.29, 1.82) is 0 Å². The molecule has 1 N–H and O–H groups in total. The molecule has 3 aromatic rings. The van der Waals surface area contributed by atoms with Crippen LogP contribution in [0.2, 0.25) is 0 Å². The first-order chi connectivity index (χ1) is 14.5. The maximum atomic E-state index is 12.8. The van der Waals surface area contributed by atoms with Crippen LogP contribution in [0.3, 0.4) is 0 Å². The van der Waals surface area contributed by atoms with E-state index in [2.05, 4.69) is 21.2 Å². The van der Waals surface area contributed by atoms with Crippen molar-refractivity contribution in [3.05, 3.63) is 99.0 Å². The lowest BCUT2D eigenvalue weighted by atomic mass is 9.84. The zero-order valence-corrected chi connectivity index (χ0v) is 17.1. The first-order valence-electron chi connectivity index (χ1n) is 8.99. The van der Waals surface area contributed by atoms with Crippen LogP contribution in [-0.2, 0) is 9.53 Å². The molecule has 1 amide bonds. The highest BCUT2D eigenvalue weighted by molar-refractivity contribution is 9.10. The summed E-state index contributed by atoms with van der Waals surface area (Å²) in [6.45, 7) is -0.493. The minimum atomic E-state index is -0.638. The van der Waals surface area contributed by atoms with Crippen molar-refractivity contribution in [2.24, 2.45) is 0 Å². The first-order valence-corrected chi connectivity index (χ1v) is 9.79. The van der Waals surface area contributed by atoms with Crippen molar-refractivity contribution in [1.82, 2.24) is 0 Å². The van der Waals surface area contributed by atoms with E-state index in [0.29, 0.717) is 26.9 Å². The smallest absolute Gasteiger partial charge is 0.339 e. The average molecular weight is 464 g/mol. The quantitative estimate of drug-likeness (QED) is 0.461. The van der Waals surface area contributed by atoms with Crippen molar-refractivity contribution in [3.8, 4) is 0 Å². The summed E-state index contributed by atoms with van der Waals surface area (Å²) in [5, 5.41) is 2.58. The van der Waals surface area contributed by atoms with Crippen LogP contribution in [0.25, 0.3) is 0 Å². The number of nitrogens with one attached hydrogen (secondary N) is 1. The lowest BCUT2D eigenvalue weighted by molar-refractivity contribution is -0.119. The summed E-state index contributed by atoms with van der Waals surface area (Å²) in [6.07, 6.45) is 0. The van der Waals surface area contributed by atoms with Gasteiger partial charge in [0.25, 0.3) is 5.91 Å². The predicted octanol–water partition coefficient (Wildman–Crippen LogP) is 4.02. The summed E-state index contributed by atoms with van der Waals surface area (Å²) in [5.41, 5.74) is 1.85. The number of carbonyl (C=O) groups is 4. The molecule has 0 atom stereocenters. The van der Waals surface area contributed by atoms with E-state index in [1.807, 2.05) is 0 Å². The maximum absolute atomic E-state index is 12.8. The Morgan fingerprint density at radius 1 is 0.800 bits per heavy atom. The highest BCUT2D eigenvalue weighted by Crippen LogP contribution is 2.29. The largest absolute Gasteiger partial charge is 0.452 e. The number of esters is 1. The molecule has 1 aliphatic carbocycles. The number of ketones is 2. The summed E-state index contributed by atoms with van der Waals surface area (Å²) in [5.74, 6) is -1.72. The van der Waals surface area contributed by atoms with Crippen molar-refractivity contribution in [3.63, 3.8) is 0 Å². The minimum absolute atomic E-state index is 0.224. The molecular weight excluding hydrogens is 450 g/mol. The van der Waals surface area contributed by atoms with Crippen LogP contribution in [-0.4, -0.2) is 30.0 Å².